The molecule has 0 aliphatic heterocycles. The number of nitrogens with one attached hydrogen (secondary N) is 1. The van der Waals surface area contributed by atoms with Gasteiger partial charge >= 0.3 is 6.03 Å². The van der Waals surface area contributed by atoms with Crippen LogP contribution in [0.2, 0.25) is 0 Å². The quantitative estimate of drug-likeness (QED) is 0.473. The minimum absolute atomic E-state index is 0.115. The van der Waals surface area contributed by atoms with E-state index in [0.29, 0.717) is 37.2 Å². The fraction of sp³-hybridized carbons (Fsp3) is 0.360. The minimum atomic E-state index is -0.330. The van der Waals surface area contributed by atoms with E-state index in [0.717, 1.165) is 23.2 Å². The molecular formula is C25H31FN4O2. The number of rotatable bonds is 9. The van der Waals surface area contributed by atoms with Crippen LogP contribution >= 0.6 is 0 Å². The van der Waals surface area contributed by atoms with Gasteiger partial charge < -0.3 is 15.0 Å². The molecule has 6 nitrogen and oxygen atoms in total. The molecule has 0 fully saturated rings. The Kier molecular flexibility index (Phi) is 7.87. The summed E-state index contributed by atoms with van der Waals surface area (Å²) in [5, 5.41) is 7.68. The highest BCUT2D eigenvalue weighted by Gasteiger charge is 2.25. The first-order valence-electron chi connectivity index (χ1n) is 11.0. The number of amides is 2. The molecule has 7 heteroatoms. The van der Waals surface area contributed by atoms with E-state index in [1.165, 1.54) is 12.1 Å². The third-order valence-corrected chi connectivity index (χ3v) is 4.91. The maximum Gasteiger partial charge on any atom is 0.317 e. The van der Waals surface area contributed by atoms with Crippen LogP contribution in [0.1, 0.15) is 32.8 Å². The predicted octanol–water partition coefficient (Wildman–Crippen LogP) is 5.60. The van der Waals surface area contributed by atoms with Gasteiger partial charge in [0.2, 0.25) is 5.88 Å². The van der Waals surface area contributed by atoms with Gasteiger partial charge in [-0.15, -0.1) is 0 Å². The Balaban J connectivity index is 2.03. The van der Waals surface area contributed by atoms with Crippen LogP contribution in [0, 0.1) is 11.7 Å². The van der Waals surface area contributed by atoms with Crippen molar-refractivity contribution in [2.45, 2.75) is 33.7 Å². The van der Waals surface area contributed by atoms with Gasteiger partial charge in [-0.3, -0.25) is 0 Å². The summed E-state index contributed by atoms with van der Waals surface area (Å²) in [5.41, 5.74) is 2.49. The van der Waals surface area contributed by atoms with Gasteiger partial charge in [-0.05, 0) is 36.6 Å². The second kappa shape index (κ2) is 10.8. The number of aromatic nitrogens is 2. The van der Waals surface area contributed by atoms with Gasteiger partial charge in [-0.2, -0.15) is 5.10 Å². The molecule has 3 rings (SSSR count). The molecule has 2 amide bonds. The molecule has 1 aromatic heterocycles. The Morgan fingerprint density at radius 3 is 2.47 bits per heavy atom. The van der Waals surface area contributed by atoms with Crippen LogP contribution in [0.4, 0.5) is 9.18 Å². The number of hydrogen-bond donors (Lipinski definition) is 1. The summed E-state index contributed by atoms with van der Waals surface area (Å²) in [7, 11) is 1.80. The average Bonchev–Trinajstić information content (AvgIpc) is 3.08. The van der Waals surface area contributed by atoms with Crippen LogP contribution in [0.5, 0.6) is 11.6 Å². The van der Waals surface area contributed by atoms with Gasteiger partial charge in [0, 0.05) is 25.7 Å². The summed E-state index contributed by atoms with van der Waals surface area (Å²) in [6.07, 6.45) is 0.863. The van der Waals surface area contributed by atoms with Crippen molar-refractivity contribution >= 4 is 6.03 Å². The van der Waals surface area contributed by atoms with E-state index in [2.05, 4.69) is 19.2 Å². The molecule has 0 bridgehead atoms. The summed E-state index contributed by atoms with van der Waals surface area (Å²) in [5.74, 6) is 0.984. The minimum Gasteiger partial charge on any atom is -0.439 e. The van der Waals surface area contributed by atoms with Crippen molar-refractivity contribution in [1.29, 1.82) is 0 Å². The van der Waals surface area contributed by atoms with E-state index in [1.54, 1.807) is 28.8 Å². The molecule has 32 heavy (non-hydrogen) atoms. The Hall–Kier alpha value is -3.35. The van der Waals surface area contributed by atoms with E-state index in [9.17, 15) is 9.18 Å². The number of aryl methyl sites for hydroxylation is 1. The number of ether oxygens (including phenoxy) is 1. The third-order valence-electron chi connectivity index (χ3n) is 4.91. The Bertz CT molecular complexity index is 1020. The second-order valence-electron chi connectivity index (χ2n) is 8.18. The van der Waals surface area contributed by atoms with Gasteiger partial charge in [-0.1, -0.05) is 51.1 Å². The summed E-state index contributed by atoms with van der Waals surface area (Å²) in [6.45, 7) is 7.73. The molecule has 0 spiro atoms. The SMILES string of the molecule is CCCNC(=O)N(Cc1c(-c2ccccc2)nn(C)c1Oc1ccc(F)cc1)CC(C)C. The zero-order valence-corrected chi connectivity index (χ0v) is 19.1. The highest BCUT2D eigenvalue weighted by molar-refractivity contribution is 5.75. The maximum absolute atomic E-state index is 13.4. The number of nitrogens with zero attached hydrogens (tertiary/aromatic N) is 3. The van der Waals surface area contributed by atoms with E-state index in [-0.39, 0.29) is 11.8 Å². The van der Waals surface area contributed by atoms with Gasteiger partial charge in [0.25, 0.3) is 0 Å². The van der Waals surface area contributed by atoms with E-state index >= 15 is 0 Å². The van der Waals surface area contributed by atoms with Crippen molar-refractivity contribution in [3.63, 3.8) is 0 Å². The summed E-state index contributed by atoms with van der Waals surface area (Å²) < 4.78 is 21.2. The molecule has 0 saturated carbocycles. The number of carbonyl (C=O) groups is 1. The van der Waals surface area contributed by atoms with Crippen LogP contribution in [0.15, 0.2) is 54.6 Å². The Labute approximate surface area is 189 Å². The van der Waals surface area contributed by atoms with Crippen molar-refractivity contribution in [2.75, 3.05) is 13.1 Å². The Morgan fingerprint density at radius 2 is 1.84 bits per heavy atom. The van der Waals surface area contributed by atoms with Gasteiger partial charge in [-0.25, -0.2) is 13.9 Å². The van der Waals surface area contributed by atoms with Crippen LogP contribution in [0.3, 0.4) is 0 Å². The van der Waals surface area contributed by atoms with Crippen molar-refractivity contribution in [1.82, 2.24) is 20.0 Å². The highest BCUT2D eigenvalue weighted by atomic mass is 19.1. The first-order chi connectivity index (χ1) is 15.4. The van der Waals surface area contributed by atoms with Gasteiger partial charge in [0.05, 0.1) is 12.1 Å². The molecule has 3 aromatic rings. The van der Waals surface area contributed by atoms with Crippen LogP contribution in [0.25, 0.3) is 11.3 Å². The average molecular weight is 439 g/mol. The maximum atomic E-state index is 13.4. The molecule has 0 saturated heterocycles. The lowest BCUT2D eigenvalue weighted by Crippen LogP contribution is -2.41. The van der Waals surface area contributed by atoms with Crippen molar-refractivity contribution in [3.8, 4) is 22.9 Å². The smallest absolute Gasteiger partial charge is 0.317 e. The molecule has 170 valence electrons. The topological polar surface area (TPSA) is 59.4 Å². The highest BCUT2D eigenvalue weighted by Crippen LogP contribution is 2.34. The van der Waals surface area contributed by atoms with Crippen LogP contribution in [-0.4, -0.2) is 33.8 Å². The molecular weight excluding hydrogens is 407 g/mol. The standard InChI is InChI=1S/C25H31FN4O2/c1-5-15-27-25(31)30(16-18(2)3)17-22-23(19-9-7-6-8-10-19)28-29(4)24(22)32-21-13-11-20(26)12-14-21/h6-14,18H,5,15-17H2,1-4H3,(H,27,31). The number of carbonyl (C=O) groups excluding carboxylic acids is 1. The van der Waals surface area contributed by atoms with E-state index in [4.69, 9.17) is 9.84 Å². The van der Waals surface area contributed by atoms with Crippen molar-refractivity contribution in [2.24, 2.45) is 13.0 Å². The summed E-state index contributed by atoms with van der Waals surface area (Å²) in [4.78, 5) is 14.7. The summed E-state index contributed by atoms with van der Waals surface area (Å²) in [6, 6.07) is 15.6. The molecule has 0 atom stereocenters. The molecule has 0 unspecified atom stereocenters. The monoisotopic (exact) mass is 438 g/mol. The predicted molar refractivity (Wildman–Crippen MR) is 124 cm³/mol. The second-order valence-corrected chi connectivity index (χ2v) is 8.18. The largest absolute Gasteiger partial charge is 0.439 e. The van der Waals surface area contributed by atoms with Crippen LogP contribution < -0.4 is 10.1 Å². The fourth-order valence-electron chi connectivity index (χ4n) is 3.46. The molecule has 0 radical (unpaired) electrons. The summed E-state index contributed by atoms with van der Waals surface area (Å²) >= 11 is 0. The zero-order valence-electron chi connectivity index (χ0n) is 19.1. The number of halogens is 1. The first kappa shape index (κ1) is 23.3. The van der Waals surface area contributed by atoms with E-state index < -0.39 is 0 Å². The normalized spacial score (nSPS) is 10.9. The first-order valence-corrected chi connectivity index (χ1v) is 11.0. The number of urea groups is 1. The van der Waals surface area contributed by atoms with Gasteiger partial charge in [0.1, 0.15) is 17.3 Å². The van der Waals surface area contributed by atoms with Crippen LogP contribution in [-0.2, 0) is 13.6 Å². The van der Waals surface area contributed by atoms with Gasteiger partial charge in [0.15, 0.2) is 0 Å². The molecule has 0 aliphatic rings. The fourth-order valence-corrected chi connectivity index (χ4v) is 3.46. The molecule has 2 aromatic carbocycles. The molecule has 0 aliphatic carbocycles. The molecule has 1 N–H and O–H groups in total. The third kappa shape index (κ3) is 5.87. The van der Waals surface area contributed by atoms with E-state index in [1.807, 2.05) is 37.3 Å². The van der Waals surface area contributed by atoms with Crippen molar-refractivity contribution in [3.05, 3.63) is 66.0 Å². The number of benzene rings is 2. The van der Waals surface area contributed by atoms with Crippen molar-refractivity contribution < 1.29 is 13.9 Å². The lowest BCUT2D eigenvalue weighted by Gasteiger charge is -2.25. The lowest BCUT2D eigenvalue weighted by molar-refractivity contribution is 0.187. The molecule has 1 heterocycles. The number of hydrogen-bond acceptors (Lipinski definition) is 3. The zero-order chi connectivity index (χ0) is 23.1. The Morgan fingerprint density at radius 1 is 1.16 bits per heavy atom. The lowest BCUT2D eigenvalue weighted by atomic mass is 10.1.